The van der Waals surface area contributed by atoms with Crippen LogP contribution in [0.1, 0.15) is 81.7 Å². The Morgan fingerprint density at radius 3 is 2.43 bits per heavy atom. The molecule has 1 fully saturated rings. The molecule has 5 rings (SSSR count). The summed E-state index contributed by atoms with van der Waals surface area (Å²) in [6.07, 6.45) is 7.72. The third-order valence-electron chi connectivity index (χ3n) is 8.59. The van der Waals surface area contributed by atoms with E-state index in [4.69, 9.17) is 21.3 Å². The lowest BCUT2D eigenvalue weighted by molar-refractivity contribution is 0.171. The smallest absolute Gasteiger partial charge is 0.320 e. The van der Waals surface area contributed by atoms with E-state index in [1.54, 1.807) is 53.2 Å². The second-order valence-corrected chi connectivity index (χ2v) is 13.1. The SMILES string of the molecule is CC(C)(C)C(N)=CC(=Nc1ccc(CO)cc1)NC(=O)N[C@H]1CC[C@@H](Oc2ccc(=N)n(C(=N)N3CCCCC3)c2)c2ccccc21. The first-order chi connectivity index (χ1) is 22.5. The summed E-state index contributed by atoms with van der Waals surface area (Å²) < 4.78 is 8.06. The molecule has 11 heteroatoms. The fourth-order valence-electron chi connectivity index (χ4n) is 5.76. The number of aliphatic imine (C=N–C) groups is 1. The Labute approximate surface area is 276 Å². The number of urea groups is 1. The van der Waals surface area contributed by atoms with Crippen LogP contribution in [-0.4, -0.2) is 45.5 Å². The number of nitrogens with zero attached hydrogens (tertiary/aromatic N) is 3. The van der Waals surface area contributed by atoms with Crippen LogP contribution < -0.4 is 26.6 Å². The van der Waals surface area contributed by atoms with Gasteiger partial charge >= 0.3 is 6.03 Å². The van der Waals surface area contributed by atoms with Gasteiger partial charge in [0.1, 0.15) is 23.2 Å². The molecule has 248 valence electrons. The van der Waals surface area contributed by atoms with E-state index in [1.165, 1.54) is 6.42 Å². The molecule has 1 aromatic heterocycles. The number of nitrogens with one attached hydrogen (secondary N) is 4. The number of rotatable bonds is 6. The minimum atomic E-state index is -0.406. The van der Waals surface area contributed by atoms with Gasteiger partial charge in [-0.15, -0.1) is 0 Å². The normalized spacial score (nSPS) is 18.7. The highest BCUT2D eigenvalue weighted by Gasteiger charge is 2.30. The van der Waals surface area contributed by atoms with Crippen molar-refractivity contribution in [1.29, 1.82) is 10.8 Å². The summed E-state index contributed by atoms with van der Waals surface area (Å²) in [5.41, 5.74) is 10.2. The molecule has 2 aromatic carbocycles. The molecular formula is C36H46N8O3. The van der Waals surface area contributed by atoms with Crippen molar-refractivity contribution >= 4 is 23.5 Å². The van der Waals surface area contributed by atoms with Crippen LogP contribution in [0.5, 0.6) is 5.75 Å². The van der Waals surface area contributed by atoms with Crippen molar-refractivity contribution in [1.82, 2.24) is 20.1 Å². The summed E-state index contributed by atoms with van der Waals surface area (Å²) in [4.78, 5) is 20.1. The minimum absolute atomic E-state index is 0.0654. The van der Waals surface area contributed by atoms with Gasteiger partial charge in [0.25, 0.3) is 0 Å². The first-order valence-electron chi connectivity index (χ1n) is 16.2. The zero-order valence-corrected chi connectivity index (χ0v) is 27.4. The van der Waals surface area contributed by atoms with Gasteiger partial charge in [0, 0.05) is 30.3 Å². The predicted octanol–water partition coefficient (Wildman–Crippen LogP) is 5.60. The first kappa shape index (κ1) is 33.5. The van der Waals surface area contributed by atoms with Gasteiger partial charge in [-0.2, -0.15) is 0 Å². The van der Waals surface area contributed by atoms with Crippen LogP contribution in [0.3, 0.4) is 0 Å². The predicted molar refractivity (Wildman–Crippen MR) is 183 cm³/mol. The number of amidine groups is 1. The maximum absolute atomic E-state index is 13.4. The molecule has 0 spiro atoms. The van der Waals surface area contributed by atoms with Gasteiger partial charge in [-0.3, -0.25) is 20.7 Å². The molecule has 1 saturated heterocycles. The number of aliphatic hydroxyl groups excluding tert-OH is 1. The summed E-state index contributed by atoms with van der Waals surface area (Å²) in [6.45, 7) is 7.54. The van der Waals surface area contributed by atoms with Gasteiger partial charge in [-0.1, -0.05) is 57.2 Å². The van der Waals surface area contributed by atoms with E-state index in [0.29, 0.717) is 41.8 Å². The number of carbonyl (C=O) groups excluding carboxylic acids is 1. The standard InChI is InChI=1S/C36H46N8O3/c1-36(2,3)31(37)21-33(40-25-13-11-24(23-45)12-14-25)42-35(46)41-29-16-17-30(28-10-6-5-9-27(28)29)47-26-15-18-32(38)44(22-26)34(39)43-19-7-4-8-20-43/h5-6,9-15,18,21-22,29-30,38-39,45H,4,7-8,16-17,19-20,23,37H2,1-3H3,(H2,40,41,42,46)/t29-,30+/m0/s1. The zero-order chi connectivity index (χ0) is 33.6. The number of carbonyl (C=O) groups is 1. The number of likely N-dealkylation sites (tertiary alicyclic amines) is 1. The van der Waals surface area contributed by atoms with Gasteiger partial charge in [0.15, 0.2) is 0 Å². The highest BCUT2D eigenvalue weighted by atomic mass is 16.5. The zero-order valence-electron chi connectivity index (χ0n) is 27.4. The topological polar surface area (TPSA) is 165 Å². The van der Waals surface area contributed by atoms with E-state index in [9.17, 15) is 9.90 Å². The molecule has 3 aromatic rings. The van der Waals surface area contributed by atoms with Crippen molar-refractivity contribution in [2.24, 2.45) is 16.1 Å². The number of amides is 2. The monoisotopic (exact) mass is 638 g/mol. The number of hydrogen-bond donors (Lipinski definition) is 6. The van der Waals surface area contributed by atoms with Gasteiger partial charge < -0.3 is 25.8 Å². The van der Waals surface area contributed by atoms with E-state index in [0.717, 1.165) is 42.6 Å². The number of allylic oxidation sites excluding steroid dienone is 1. The number of fused-ring (bicyclic) bond motifs is 1. The average molecular weight is 639 g/mol. The summed E-state index contributed by atoms with van der Waals surface area (Å²) in [5.74, 6) is 1.18. The van der Waals surface area contributed by atoms with Crippen LogP contribution in [0.2, 0.25) is 0 Å². The van der Waals surface area contributed by atoms with Crippen molar-refractivity contribution in [2.45, 2.75) is 71.6 Å². The maximum Gasteiger partial charge on any atom is 0.320 e. The Kier molecular flexibility index (Phi) is 10.5. The quantitative estimate of drug-likeness (QED) is 0.153. The molecular weight excluding hydrogens is 592 g/mol. The number of hydrogen-bond acceptors (Lipinski definition) is 7. The summed E-state index contributed by atoms with van der Waals surface area (Å²) in [6, 6.07) is 17.8. The number of pyridine rings is 1. The fourth-order valence-corrected chi connectivity index (χ4v) is 5.76. The van der Waals surface area contributed by atoms with Gasteiger partial charge in [0.2, 0.25) is 5.96 Å². The van der Waals surface area contributed by atoms with Gasteiger partial charge in [0.05, 0.1) is 24.5 Å². The highest BCUT2D eigenvalue weighted by molar-refractivity contribution is 6.05. The molecule has 0 radical (unpaired) electrons. The van der Waals surface area contributed by atoms with E-state index in [2.05, 4.69) is 15.6 Å². The Morgan fingerprint density at radius 2 is 1.74 bits per heavy atom. The molecule has 0 bridgehead atoms. The number of ether oxygens (including phenoxy) is 1. The number of nitrogens with two attached hydrogens (primary N) is 1. The van der Waals surface area contributed by atoms with Crippen LogP contribution in [-0.2, 0) is 6.61 Å². The Balaban J connectivity index is 1.32. The van der Waals surface area contributed by atoms with E-state index < -0.39 is 6.03 Å². The van der Waals surface area contributed by atoms with Crippen LogP contribution in [0.25, 0.3) is 0 Å². The minimum Gasteiger partial charge on any atom is -0.484 e. The lowest BCUT2D eigenvalue weighted by Gasteiger charge is -2.33. The largest absolute Gasteiger partial charge is 0.484 e. The number of aromatic nitrogens is 1. The summed E-state index contributed by atoms with van der Waals surface area (Å²) in [5, 5.41) is 32.5. The van der Waals surface area contributed by atoms with Gasteiger partial charge in [-0.25, -0.2) is 9.79 Å². The van der Waals surface area contributed by atoms with E-state index in [1.807, 2.05) is 49.9 Å². The van der Waals surface area contributed by atoms with Crippen LogP contribution in [0.15, 0.2) is 83.6 Å². The van der Waals surface area contributed by atoms with Crippen LogP contribution in [0.4, 0.5) is 10.5 Å². The summed E-state index contributed by atoms with van der Waals surface area (Å²) >= 11 is 0. The van der Waals surface area contributed by atoms with E-state index >= 15 is 0 Å². The molecule has 1 aliphatic carbocycles. The molecule has 2 amide bonds. The third-order valence-corrected chi connectivity index (χ3v) is 8.59. The second kappa shape index (κ2) is 14.7. The van der Waals surface area contributed by atoms with Gasteiger partial charge in [-0.05, 0) is 73.1 Å². The van der Waals surface area contributed by atoms with Crippen molar-refractivity contribution in [2.75, 3.05) is 13.1 Å². The van der Waals surface area contributed by atoms with Crippen molar-refractivity contribution in [3.8, 4) is 5.75 Å². The lowest BCUT2D eigenvalue weighted by Crippen LogP contribution is -2.43. The molecule has 2 atom stereocenters. The Morgan fingerprint density at radius 1 is 1.04 bits per heavy atom. The molecule has 0 saturated carbocycles. The Bertz CT molecular complexity index is 1700. The first-order valence-corrected chi connectivity index (χ1v) is 16.2. The average Bonchev–Trinajstić information content (AvgIpc) is 3.06. The van der Waals surface area contributed by atoms with Crippen molar-refractivity contribution in [3.05, 3.63) is 101 Å². The second-order valence-electron chi connectivity index (χ2n) is 13.1. The number of benzene rings is 2. The number of piperidine rings is 1. The van der Waals surface area contributed by atoms with Crippen LogP contribution in [0, 0.1) is 16.2 Å². The Hall–Kier alpha value is -4.90. The van der Waals surface area contributed by atoms with Crippen LogP contribution >= 0.6 is 0 Å². The molecule has 2 heterocycles. The third kappa shape index (κ3) is 8.48. The summed E-state index contributed by atoms with van der Waals surface area (Å²) in [7, 11) is 0. The van der Waals surface area contributed by atoms with Crippen molar-refractivity contribution in [3.63, 3.8) is 0 Å². The number of aliphatic hydroxyl groups is 1. The fraction of sp³-hybridized carbons (Fsp3) is 0.389. The molecule has 7 N–H and O–H groups in total. The molecule has 1 aliphatic heterocycles. The highest BCUT2D eigenvalue weighted by Crippen LogP contribution is 2.38. The van der Waals surface area contributed by atoms with Crippen molar-refractivity contribution < 1.29 is 14.6 Å². The molecule has 0 unspecified atom stereocenters. The lowest BCUT2D eigenvalue weighted by atomic mass is 9.85. The maximum atomic E-state index is 13.4. The van der Waals surface area contributed by atoms with E-state index in [-0.39, 0.29) is 29.7 Å². The molecule has 47 heavy (non-hydrogen) atoms. The molecule has 11 nitrogen and oxygen atoms in total. The molecule has 2 aliphatic rings.